The van der Waals surface area contributed by atoms with Gasteiger partial charge in [-0.3, -0.25) is 4.79 Å². The van der Waals surface area contributed by atoms with Crippen LogP contribution in [0.2, 0.25) is 5.02 Å². The molecular formula is C18H20ClNO3. The molecule has 0 spiro atoms. The highest BCUT2D eigenvalue weighted by molar-refractivity contribution is 6.30. The number of benzene rings is 1. The molecule has 0 aliphatic carbocycles. The maximum Gasteiger partial charge on any atom is 0.305 e. The number of halogens is 1. The van der Waals surface area contributed by atoms with E-state index in [0.29, 0.717) is 29.7 Å². The lowest BCUT2D eigenvalue weighted by Crippen LogP contribution is -2.03. The van der Waals surface area contributed by atoms with E-state index in [1.165, 1.54) is 0 Å². The Hall–Kier alpha value is -2.07. The van der Waals surface area contributed by atoms with Gasteiger partial charge in [0.1, 0.15) is 5.75 Å². The third kappa shape index (κ3) is 6.28. The van der Waals surface area contributed by atoms with Gasteiger partial charge in [0.2, 0.25) is 5.88 Å². The van der Waals surface area contributed by atoms with Gasteiger partial charge in [-0.1, -0.05) is 23.7 Å². The standard InChI is InChI=1S/C18H20ClNO3/c1-2-22-18(21)9-4-3-6-14-10-11-17(20-13-14)23-16-8-5-7-15(19)12-16/h5,7-8,10-13H,2-4,6,9H2,1H3. The molecule has 122 valence electrons. The number of aryl methyl sites for hydroxylation is 1. The number of unbranched alkanes of at least 4 members (excludes halogenated alkanes) is 1. The molecule has 2 rings (SSSR count). The van der Waals surface area contributed by atoms with Gasteiger partial charge in [0, 0.05) is 23.7 Å². The average molecular weight is 334 g/mol. The number of hydrogen-bond acceptors (Lipinski definition) is 4. The summed E-state index contributed by atoms with van der Waals surface area (Å²) < 4.78 is 10.5. The second kappa shape index (κ2) is 9.16. The van der Waals surface area contributed by atoms with Crippen molar-refractivity contribution < 1.29 is 14.3 Å². The summed E-state index contributed by atoms with van der Waals surface area (Å²) in [5.41, 5.74) is 1.12. The van der Waals surface area contributed by atoms with Crippen molar-refractivity contribution in [1.82, 2.24) is 4.98 Å². The molecule has 5 heteroatoms. The zero-order valence-corrected chi connectivity index (χ0v) is 13.9. The van der Waals surface area contributed by atoms with Crippen LogP contribution in [0.4, 0.5) is 0 Å². The normalized spacial score (nSPS) is 10.3. The number of nitrogens with zero attached hydrogens (tertiary/aromatic N) is 1. The number of pyridine rings is 1. The number of rotatable bonds is 8. The van der Waals surface area contributed by atoms with Crippen LogP contribution in [0.3, 0.4) is 0 Å². The number of aromatic nitrogens is 1. The Kier molecular flexibility index (Phi) is 6.88. The lowest BCUT2D eigenvalue weighted by atomic mass is 10.1. The van der Waals surface area contributed by atoms with Crippen LogP contribution in [-0.2, 0) is 16.0 Å². The van der Waals surface area contributed by atoms with Crippen molar-refractivity contribution in [2.45, 2.75) is 32.6 Å². The van der Waals surface area contributed by atoms with E-state index in [9.17, 15) is 4.79 Å². The van der Waals surface area contributed by atoms with Crippen LogP contribution in [0.15, 0.2) is 42.6 Å². The Morgan fingerprint density at radius 3 is 2.78 bits per heavy atom. The van der Waals surface area contributed by atoms with Crippen LogP contribution in [0.1, 0.15) is 31.7 Å². The minimum atomic E-state index is -0.129. The van der Waals surface area contributed by atoms with Gasteiger partial charge < -0.3 is 9.47 Å². The number of esters is 1. The van der Waals surface area contributed by atoms with Gasteiger partial charge in [-0.2, -0.15) is 0 Å². The topological polar surface area (TPSA) is 48.4 Å². The minimum absolute atomic E-state index is 0.129. The molecule has 0 radical (unpaired) electrons. The van der Waals surface area contributed by atoms with E-state index < -0.39 is 0 Å². The van der Waals surface area contributed by atoms with Crippen molar-refractivity contribution in [2.75, 3.05) is 6.61 Å². The molecule has 0 unspecified atom stereocenters. The van der Waals surface area contributed by atoms with Gasteiger partial charge >= 0.3 is 5.97 Å². The summed E-state index contributed by atoms with van der Waals surface area (Å²) in [7, 11) is 0. The molecule has 23 heavy (non-hydrogen) atoms. The van der Waals surface area contributed by atoms with E-state index in [0.717, 1.165) is 24.8 Å². The Bertz CT molecular complexity index is 628. The fraction of sp³-hybridized carbons (Fsp3) is 0.333. The zero-order chi connectivity index (χ0) is 16.5. The summed E-state index contributed by atoms with van der Waals surface area (Å²) in [6.07, 6.45) is 4.89. The first kappa shape index (κ1) is 17.3. The molecule has 0 aliphatic heterocycles. The maximum absolute atomic E-state index is 11.2. The van der Waals surface area contributed by atoms with Gasteiger partial charge in [0.05, 0.1) is 6.61 Å². The SMILES string of the molecule is CCOC(=O)CCCCc1ccc(Oc2cccc(Cl)c2)nc1. The molecule has 4 nitrogen and oxygen atoms in total. The minimum Gasteiger partial charge on any atom is -0.466 e. The highest BCUT2D eigenvalue weighted by Gasteiger charge is 2.03. The van der Waals surface area contributed by atoms with Gasteiger partial charge in [0.25, 0.3) is 0 Å². The van der Waals surface area contributed by atoms with Crippen molar-refractivity contribution in [3.05, 3.63) is 53.2 Å². The van der Waals surface area contributed by atoms with E-state index in [2.05, 4.69) is 4.98 Å². The predicted molar refractivity (Wildman–Crippen MR) is 90.0 cm³/mol. The van der Waals surface area contributed by atoms with Crippen LogP contribution in [0.5, 0.6) is 11.6 Å². The van der Waals surface area contributed by atoms with Gasteiger partial charge in [-0.05, 0) is 49.9 Å². The highest BCUT2D eigenvalue weighted by atomic mass is 35.5. The Morgan fingerprint density at radius 1 is 1.22 bits per heavy atom. The molecule has 1 heterocycles. The number of hydrogen-bond donors (Lipinski definition) is 0. The second-order valence-electron chi connectivity index (χ2n) is 5.08. The summed E-state index contributed by atoms with van der Waals surface area (Å²) in [5, 5.41) is 0.626. The first-order valence-electron chi connectivity index (χ1n) is 7.71. The van der Waals surface area contributed by atoms with Crippen molar-refractivity contribution in [3.8, 4) is 11.6 Å². The third-order valence-corrected chi connectivity index (χ3v) is 3.45. The van der Waals surface area contributed by atoms with Crippen LogP contribution in [-0.4, -0.2) is 17.6 Å². The molecule has 0 aliphatic rings. The number of carbonyl (C=O) groups is 1. The highest BCUT2D eigenvalue weighted by Crippen LogP contribution is 2.22. The van der Waals surface area contributed by atoms with Crippen LogP contribution < -0.4 is 4.74 Å². The summed E-state index contributed by atoms with van der Waals surface area (Å²) in [6, 6.07) is 11.0. The van der Waals surface area contributed by atoms with Crippen molar-refractivity contribution >= 4 is 17.6 Å². The van der Waals surface area contributed by atoms with Gasteiger partial charge in [-0.15, -0.1) is 0 Å². The number of carbonyl (C=O) groups excluding carboxylic acids is 1. The molecule has 1 aromatic carbocycles. The quantitative estimate of drug-likeness (QED) is 0.514. The van der Waals surface area contributed by atoms with E-state index >= 15 is 0 Å². The number of ether oxygens (including phenoxy) is 2. The first-order chi connectivity index (χ1) is 11.2. The van der Waals surface area contributed by atoms with Crippen LogP contribution in [0, 0.1) is 0 Å². The Morgan fingerprint density at radius 2 is 2.09 bits per heavy atom. The van der Waals surface area contributed by atoms with Crippen molar-refractivity contribution in [2.24, 2.45) is 0 Å². The summed E-state index contributed by atoms with van der Waals surface area (Å²) >= 11 is 5.92. The van der Waals surface area contributed by atoms with Crippen molar-refractivity contribution in [3.63, 3.8) is 0 Å². The van der Waals surface area contributed by atoms with E-state index in [4.69, 9.17) is 21.1 Å². The molecule has 1 aromatic heterocycles. The Balaban J connectivity index is 1.77. The average Bonchev–Trinajstić information content (AvgIpc) is 2.53. The summed E-state index contributed by atoms with van der Waals surface area (Å²) in [5.74, 6) is 1.06. The maximum atomic E-state index is 11.2. The van der Waals surface area contributed by atoms with Gasteiger partial charge in [0.15, 0.2) is 0 Å². The molecular weight excluding hydrogens is 314 g/mol. The van der Waals surface area contributed by atoms with E-state index in [-0.39, 0.29) is 5.97 Å². The summed E-state index contributed by atoms with van der Waals surface area (Å²) in [4.78, 5) is 15.5. The smallest absolute Gasteiger partial charge is 0.305 e. The zero-order valence-electron chi connectivity index (χ0n) is 13.1. The predicted octanol–water partition coefficient (Wildman–Crippen LogP) is 4.80. The van der Waals surface area contributed by atoms with Crippen molar-refractivity contribution in [1.29, 1.82) is 0 Å². The lowest BCUT2D eigenvalue weighted by molar-refractivity contribution is -0.143. The molecule has 0 bridgehead atoms. The summed E-state index contributed by atoms with van der Waals surface area (Å²) in [6.45, 7) is 2.26. The Labute approximate surface area is 141 Å². The molecule has 0 saturated heterocycles. The van der Waals surface area contributed by atoms with Crippen LogP contribution in [0.25, 0.3) is 0 Å². The largest absolute Gasteiger partial charge is 0.466 e. The van der Waals surface area contributed by atoms with E-state index in [1.807, 2.05) is 31.2 Å². The molecule has 0 N–H and O–H groups in total. The molecule has 0 amide bonds. The lowest BCUT2D eigenvalue weighted by Gasteiger charge is -2.06. The van der Waals surface area contributed by atoms with Gasteiger partial charge in [-0.25, -0.2) is 4.98 Å². The fourth-order valence-electron chi connectivity index (χ4n) is 2.10. The molecule has 0 atom stereocenters. The molecule has 0 saturated carbocycles. The first-order valence-corrected chi connectivity index (χ1v) is 8.09. The molecule has 0 fully saturated rings. The van der Waals surface area contributed by atoms with Crippen LogP contribution >= 0.6 is 11.6 Å². The molecule has 2 aromatic rings. The monoisotopic (exact) mass is 333 g/mol. The second-order valence-corrected chi connectivity index (χ2v) is 5.51. The van der Waals surface area contributed by atoms with E-state index in [1.54, 1.807) is 18.3 Å². The third-order valence-electron chi connectivity index (χ3n) is 3.22. The fourth-order valence-corrected chi connectivity index (χ4v) is 2.28.